The van der Waals surface area contributed by atoms with Gasteiger partial charge in [0.05, 0.1) is 5.02 Å². The number of carbonyl (C=O) groups excluding carboxylic acids is 1. The molecule has 1 aromatic rings. The summed E-state index contributed by atoms with van der Waals surface area (Å²) < 4.78 is 5.44. The molecule has 0 aromatic heterocycles. The number of nitrogens with zero attached hydrogens (tertiary/aromatic N) is 2. The molecule has 0 N–H and O–H groups in total. The van der Waals surface area contributed by atoms with Crippen LogP contribution in [0.4, 0.5) is 0 Å². The molecule has 0 radical (unpaired) electrons. The summed E-state index contributed by atoms with van der Waals surface area (Å²) in [6, 6.07) is 5.39. The number of carbonyl (C=O) groups is 1. The third kappa shape index (κ3) is 3.74. The Morgan fingerprint density at radius 3 is 2.78 bits per heavy atom. The Bertz CT molecular complexity index is 673. The van der Waals surface area contributed by atoms with Gasteiger partial charge >= 0.3 is 0 Å². The minimum Gasteiger partial charge on any atom is -0.488 e. The quantitative estimate of drug-likeness (QED) is 0.445. The molecule has 0 spiro atoms. The molecule has 0 atom stereocenters. The molecule has 1 saturated heterocycles. The van der Waals surface area contributed by atoms with Crippen LogP contribution in [0.1, 0.15) is 18.9 Å². The minimum absolute atomic E-state index is 0.0811. The van der Waals surface area contributed by atoms with Gasteiger partial charge in [-0.3, -0.25) is 9.69 Å². The zero-order valence-electron chi connectivity index (χ0n) is 13.2. The molecule has 1 aliphatic heterocycles. The van der Waals surface area contributed by atoms with Gasteiger partial charge in [-0.05, 0) is 42.4 Å². The van der Waals surface area contributed by atoms with E-state index in [1.807, 2.05) is 13.0 Å². The molecular formula is C17H19ClN2O2S. The second-order valence-corrected chi connectivity index (χ2v) is 5.89. The Balaban J connectivity index is 2.27. The third-order valence-corrected chi connectivity index (χ3v) is 4.20. The van der Waals surface area contributed by atoms with Gasteiger partial charge in [-0.15, -0.1) is 0 Å². The van der Waals surface area contributed by atoms with Crippen molar-refractivity contribution in [2.24, 2.45) is 0 Å². The van der Waals surface area contributed by atoms with E-state index in [0.29, 0.717) is 34.7 Å². The molecule has 23 heavy (non-hydrogen) atoms. The first-order chi connectivity index (χ1) is 11.0. The van der Waals surface area contributed by atoms with Crippen LogP contribution in [0.25, 0.3) is 6.08 Å². The number of halogens is 1. The lowest BCUT2D eigenvalue weighted by Crippen LogP contribution is -2.31. The second kappa shape index (κ2) is 7.62. The van der Waals surface area contributed by atoms with E-state index in [-0.39, 0.29) is 5.91 Å². The van der Waals surface area contributed by atoms with Crippen molar-refractivity contribution in [1.82, 2.24) is 9.80 Å². The van der Waals surface area contributed by atoms with Crippen LogP contribution in [0, 0.1) is 0 Å². The van der Waals surface area contributed by atoms with Gasteiger partial charge in [-0.25, -0.2) is 0 Å². The van der Waals surface area contributed by atoms with Crippen molar-refractivity contribution in [3.05, 3.63) is 47.1 Å². The molecule has 0 saturated carbocycles. The maximum Gasteiger partial charge on any atom is 0.276 e. The van der Waals surface area contributed by atoms with E-state index >= 15 is 0 Å². The molecule has 6 heteroatoms. The van der Waals surface area contributed by atoms with Crippen molar-refractivity contribution >= 4 is 40.9 Å². The molecule has 1 aliphatic rings. The highest BCUT2D eigenvalue weighted by molar-refractivity contribution is 7.80. The van der Waals surface area contributed by atoms with E-state index in [1.165, 1.54) is 0 Å². The molecule has 0 bridgehead atoms. The van der Waals surface area contributed by atoms with Gasteiger partial charge in [0, 0.05) is 13.6 Å². The summed E-state index contributed by atoms with van der Waals surface area (Å²) in [4.78, 5) is 15.8. The first-order valence-corrected chi connectivity index (χ1v) is 8.12. The van der Waals surface area contributed by atoms with Crippen molar-refractivity contribution < 1.29 is 9.53 Å². The number of likely N-dealkylation sites (N-methyl/N-ethyl adjacent to an activating group) is 1. The Morgan fingerprint density at radius 1 is 1.43 bits per heavy atom. The van der Waals surface area contributed by atoms with Crippen LogP contribution in [0.5, 0.6) is 5.75 Å². The van der Waals surface area contributed by atoms with Crippen molar-refractivity contribution in [2.45, 2.75) is 13.3 Å². The lowest BCUT2D eigenvalue weighted by atomic mass is 10.1. The summed E-state index contributed by atoms with van der Waals surface area (Å²) in [5.74, 6) is 0.505. The number of hydrogen-bond acceptors (Lipinski definition) is 3. The van der Waals surface area contributed by atoms with E-state index in [9.17, 15) is 4.79 Å². The van der Waals surface area contributed by atoms with E-state index in [1.54, 1.807) is 41.1 Å². The number of ether oxygens (including phenoxy) is 1. The zero-order chi connectivity index (χ0) is 17.0. The van der Waals surface area contributed by atoms with E-state index in [0.717, 1.165) is 12.0 Å². The number of rotatable bonds is 6. The topological polar surface area (TPSA) is 32.8 Å². The molecule has 1 heterocycles. The number of thiocarbonyl (C=S) groups is 1. The molecule has 0 unspecified atom stereocenters. The fraction of sp³-hybridized carbons (Fsp3) is 0.294. The fourth-order valence-electron chi connectivity index (χ4n) is 2.26. The summed E-state index contributed by atoms with van der Waals surface area (Å²) in [5.41, 5.74) is 1.36. The summed E-state index contributed by atoms with van der Waals surface area (Å²) >= 11 is 11.5. The molecule has 1 amide bonds. The smallest absolute Gasteiger partial charge is 0.276 e. The van der Waals surface area contributed by atoms with Gasteiger partial charge in [0.2, 0.25) is 0 Å². The van der Waals surface area contributed by atoms with Crippen LogP contribution < -0.4 is 4.74 Å². The predicted octanol–water partition coefficient (Wildman–Crippen LogP) is 3.71. The van der Waals surface area contributed by atoms with Gasteiger partial charge < -0.3 is 9.64 Å². The van der Waals surface area contributed by atoms with Gasteiger partial charge in [0.15, 0.2) is 5.11 Å². The maximum atomic E-state index is 12.5. The highest BCUT2D eigenvalue weighted by atomic mass is 35.5. The van der Waals surface area contributed by atoms with Crippen LogP contribution in [-0.2, 0) is 4.79 Å². The van der Waals surface area contributed by atoms with Crippen molar-refractivity contribution in [2.75, 3.05) is 20.2 Å². The van der Waals surface area contributed by atoms with Crippen LogP contribution >= 0.6 is 23.8 Å². The highest BCUT2D eigenvalue weighted by Crippen LogP contribution is 2.28. The molecular weight excluding hydrogens is 332 g/mol. The van der Waals surface area contributed by atoms with Crippen LogP contribution in [-0.4, -0.2) is 41.0 Å². The van der Waals surface area contributed by atoms with Crippen molar-refractivity contribution in [3.8, 4) is 5.75 Å². The Morgan fingerprint density at radius 2 is 2.17 bits per heavy atom. The van der Waals surface area contributed by atoms with E-state index < -0.39 is 0 Å². The molecule has 1 aromatic carbocycles. The number of hydrogen-bond donors (Lipinski definition) is 0. The predicted molar refractivity (Wildman–Crippen MR) is 97.5 cm³/mol. The number of benzene rings is 1. The Hall–Kier alpha value is -1.85. The first-order valence-electron chi connectivity index (χ1n) is 7.34. The van der Waals surface area contributed by atoms with Crippen LogP contribution in [0.3, 0.4) is 0 Å². The second-order valence-electron chi connectivity index (χ2n) is 5.12. The zero-order valence-corrected chi connectivity index (χ0v) is 14.8. The lowest BCUT2D eigenvalue weighted by Gasteiger charge is -2.14. The molecule has 1 fully saturated rings. The summed E-state index contributed by atoms with van der Waals surface area (Å²) in [6.45, 7) is 6.62. The summed E-state index contributed by atoms with van der Waals surface area (Å²) in [6.07, 6.45) is 4.29. The number of amides is 1. The average Bonchev–Trinajstić information content (AvgIpc) is 2.72. The first kappa shape index (κ1) is 17.5. The van der Waals surface area contributed by atoms with E-state index in [4.69, 9.17) is 28.6 Å². The van der Waals surface area contributed by atoms with Crippen molar-refractivity contribution in [1.29, 1.82) is 0 Å². The van der Waals surface area contributed by atoms with Crippen molar-refractivity contribution in [3.63, 3.8) is 0 Å². The van der Waals surface area contributed by atoms with E-state index in [2.05, 4.69) is 6.58 Å². The molecule has 2 rings (SSSR count). The molecule has 4 nitrogen and oxygen atoms in total. The van der Waals surface area contributed by atoms with Crippen LogP contribution in [0.2, 0.25) is 5.02 Å². The fourth-order valence-corrected chi connectivity index (χ4v) is 2.78. The van der Waals surface area contributed by atoms with Crippen LogP contribution in [0.15, 0.2) is 36.6 Å². The monoisotopic (exact) mass is 350 g/mol. The minimum atomic E-state index is -0.0811. The third-order valence-electron chi connectivity index (χ3n) is 3.41. The van der Waals surface area contributed by atoms with Gasteiger partial charge in [0.1, 0.15) is 18.1 Å². The standard InChI is InChI=1S/C17H19ClN2O2S/c1-4-8-20-16(21)14(19(3)17(20)23)11-12-6-7-15(13(18)10-12)22-9-5-2/h5-7,10-11H,2,4,8-9H2,1,3H3/b14-11-. The average molecular weight is 351 g/mol. The van der Waals surface area contributed by atoms with Gasteiger partial charge in [0.25, 0.3) is 5.91 Å². The lowest BCUT2D eigenvalue weighted by molar-refractivity contribution is -0.122. The summed E-state index contributed by atoms with van der Waals surface area (Å²) in [7, 11) is 1.80. The molecule has 122 valence electrons. The van der Waals surface area contributed by atoms with Gasteiger partial charge in [-0.1, -0.05) is 37.2 Å². The summed E-state index contributed by atoms with van der Waals surface area (Å²) in [5, 5.41) is 1.02. The SMILES string of the molecule is C=CCOc1ccc(/C=C2/C(=O)N(CCC)C(=S)N2C)cc1Cl. The Kier molecular flexibility index (Phi) is 5.80. The Labute approximate surface area is 147 Å². The highest BCUT2D eigenvalue weighted by Gasteiger charge is 2.34. The van der Waals surface area contributed by atoms with Gasteiger partial charge in [-0.2, -0.15) is 0 Å². The maximum absolute atomic E-state index is 12.5. The largest absolute Gasteiger partial charge is 0.488 e. The normalized spacial score (nSPS) is 16.4. The molecule has 0 aliphatic carbocycles.